The SMILES string of the molecule is Cc1cc(C)c2c(c1)N[C@H](c1ccccc1Cl)[C@@H]1CC=C[C@H]21. The number of anilines is 1. The zero-order valence-electron chi connectivity index (χ0n) is 12.9. The lowest BCUT2D eigenvalue weighted by atomic mass is 9.75. The van der Waals surface area contributed by atoms with Crippen LogP contribution < -0.4 is 5.32 Å². The molecule has 2 heteroatoms. The van der Waals surface area contributed by atoms with E-state index in [0.717, 1.165) is 11.4 Å². The van der Waals surface area contributed by atoms with E-state index >= 15 is 0 Å². The molecule has 4 rings (SSSR count). The van der Waals surface area contributed by atoms with Crippen LogP contribution >= 0.6 is 11.6 Å². The molecule has 0 saturated carbocycles. The first-order valence-corrected chi connectivity index (χ1v) is 8.31. The maximum Gasteiger partial charge on any atom is 0.0568 e. The summed E-state index contributed by atoms with van der Waals surface area (Å²) in [6.07, 6.45) is 5.83. The number of hydrogen-bond acceptors (Lipinski definition) is 1. The molecule has 1 aliphatic heterocycles. The van der Waals surface area contributed by atoms with Crippen molar-refractivity contribution in [2.24, 2.45) is 5.92 Å². The van der Waals surface area contributed by atoms with Crippen LogP contribution in [0.15, 0.2) is 48.6 Å². The first kappa shape index (κ1) is 13.9. The van der Waals surface area contributed by atoms with Gasteiger partial charge < -0.3 is 5.32 Å². The first-order valence-electron chi connectivity index (χ1n) is 7.94. The Bertz CT molecular complexity index is 762. The number of fused-ring (bicyclic) bond motifs is 3. The van der Waals surface area contributed by atoms with Crippen LogP contribution in [0, 0.1) is 19.8 Å². The van der Waals surface area contributed by atoms with E-state index in [1.165, 1.54) is 27.9 Å². The molecule has 1 nitrogen and oxygen atoms in total. The Morgan fingerprint density at radius 1 is 1.14 bits per heavy atom. The van der Waals surface area contributed by atoms with Gasteiger partial charge in [-0.25, -0.2) is 0 Å². The summed E-state index contributed by atoms with van der Waals surface area (Å²) in [5.74, 6) is 1.05. The minimum absolute atomic E-state index is 0.280. The number of benzene rings is 2. The van der Waals surface area contributed by atoms with Gasteiger partial charge in [-0.05, 0) is 60.6 Å². The molecule has 0 saturated heterocycles. The Morgan fingerprint density at radius 3 is 2.77 bits per heavy atom. The van der Waals surface area contributed by atoms with Crippen molar-refractivity contribution in [1.82, 2.24) is 0 Å². The highest BCUT2D eigenvalue weighted by atomic mass is 35.5. The van der Waals surface area contributed by atoms with Crippen molar-refractivity contribution in [2.75, 3.05) is 5.32 Å². The van der Waals surface area contributed by atoms with Crippen LogP contribution in [0.4, 0.5) is 5.69 Å². The summed E-state index contributed by atoms with van der Waals surface area (Å²) in [6, 6.07) is 13.1. The third kappa shape index (κ3) is 2.07. The summed E-state index contributed by atoms with van der Waals surface area (Å²) in [5, 5.41) is 4.64. The van der Waals surface area contributed by atoms with Gasteiger partial charge in [0.1, 0.15) is 0 Å². The van der Waals surface area contributed by atoms with Gasteiger partial charge in [0.25, 0.3) is 0 Å². The summed E-state index contributed by atoms with van der Waals surface area (Å²) in [4.78, 5) is 0. The second-order valence-electron chi connectivity index (χ2n) is 6.54. The van der Waals surface area contributed by atoms with Crippen molar-refractivity contribution >= 4 is 17.3 Å². The molecule has 0 bridgehead atoms. The topological polar surface area (TPSA) is 12.0 Å². The predicted molar refractivity (Wildman–Crippen MR) is 93.7 cm³/mol. The zero-order valence-corrected chi connectivity index (χ0v) is 13.7. The molecular formula is C20H20ClN. The highest BCUT2D eigenvalue weighted by Gasteiger charge is 2.39. The number of rotatable bonds is 1. The molecule has 2 aromatic carbocycles. The van der Waals surface area contributed by atoms with Gasteiger partial charge in [-0.15, -0.1) is 0 Å². The number of halogens is 1. The number of nitrogens with one attached hydrogen (secondary N) is 1. The summed E-state index contributed by atoms with van der Waals surface area (Å²) in [5.41, 5.74) is 6.65. The van der Waals surface area contributed by atoms with Gasteiger partial charge in [0.15, 0.2) is 0 Å². The molecule has 112 valence electrons. The van der Waals surface area contributed by atoms with E-state index in [2.05, 4.69) is 55.6 Å². The second-order valence-corrected chi connectivity index (χ2v) is 6.95. The molecule has 1 heterocycles. The van der Waals surface area contributed by atoms with Crippen LogP contribution in [-0.2, 0) is 0 Å². The van der Waals surface area contributed by atoms with Gasteiger partial charge in [0.2, 0.25) is 0 Å². The predicted octanol–water partition coefficient (Wildman–Crippen LogP) is 5.78. The average molecular weight is 310 g/mol. The standard InChI is InChI=1S/C20H20ClN/c1-12-10-13(2)19-14-7-5-8-15(14)20(22-18(19)11-12)16-6-3-4-9-17(16)21/h3-7,9-11,14-15,20,22H,8H2,1-2H3/t14-,15+,20-/m0/s1. The molecular weight excluding hydrogens is 290 g/mol. The van der Waals surface area contributed by atoms with Crippen LogP contribution in [-0.4, -0.2) is 0 Å². The summed E-state index contributed by atoms with van der Waals surface area (Å²) >= 11 is 6.48. The number of allylic oxidation sites excluding steroid dienone is 2. The Balaban J connectivity index is 1.86. The Labute approximate surface area is 137 Å². The van der Waals surface area contributed by atoms with Crippen LogP contribution in [0.25, 0.3) is 0 Å². The number of aryl methyl sites for hydroxylation is 2. The van der Waals surface area contributed by atoms with Gasteiger partial charge in [-0.3, -0.25) is 0 Å². The molecule has 0 spiro atoms. The third-order valence-electron chi connectivity index (χ3n) is 5.06. The van der Waals surface area contributed by atoms with E-state index in [0.29, 0.717) is 11.8 Å². The van der Waals surface area contributed by atoms with Crippen LogP contribution in [0.3, 0.4) is 0 Å². The van der Waals surface area contributed by atoms with E-state index in [-0.39, 0.29) is 6.04 Å². The largest absolute Gasteiger partial charge is 0.378 e. The van der Waals surface area contributed by atoms with Gasteiger partial charge in [0, 0.05) is 16.6 Å². The fraction of sp³-hybridized carbons (Fsp3) is 0.300. The molecule has 2 aliphatic rings. The Hall–Kier alpha value is -1.73. The van der Waals surface area contributed by atoms with E-state index < -0.39 is 0 Å². The molecule has 0 fully saturated rings. The van der Waals surface area contributed by atoms with Gasteiger partial charge in [-0.2, -0.15) is 0 Å². The minimum Gasteiger partial charge on any atom is -0.378 e. The Kier molecular flexibility index (Phi) is 3.27. The van der Waals surface area contributed by atoms with Crippen molar-refractivity contribution in [3.05, 3.63) is 75.8 Å². The second kappa shape index (κ2) is 5.17. The van der Waals surface area contributed by atoms with Crippen molar-refractivity contribution in [3.63, 3.8) is 0 Å². The highest BCUT2D eigenvalue weighted by molar-refractivity contribution is 6.31. The maximum absolute atomic E-state index is 6.48. The molecule has 22 heavy (non-hydrogen) atoms. The molecule has 0 amide bonds. The first-order chi connectivity index (χ1) is 10.6. The van der Waals surface area contributed by atoms with Crippen LogP contribution in [0.1, 0.15) is 40.6 Å². The monoisotopic (exact) mass is 309 g/mol. The average Bonchev–Trinajstić information content (AvgIpc) is 2.95. The van der Waals surface area contributed by atoms with E-state index in [1.54, 1.807) is 0 Å². The molecule has 0 aromatic heterocycles. The fourth-order valence-corrected chi connectivity index (χ4v) is 4.43. The van der Waals surface area contributed by atoms with Crippen LogP contribution in [0.5, 0.6) is 0 Å². The smallest absolute Gasteiger partial charge is 0.0568 e. The maximum atomic E-state index is 6.48. The third-order valence-corrected chi connectivity index (χ3v) is 5.40. The lowest BCUT2D eigenvalue weighted by Crippen LogP contribution is -2.29. The van der Waals surface area contributed by atoms with Crippen molar-refractivity contribution in [2.45, 2.75) is 32.2 Å². The summed E-state index contributed by atoms with van der Waals surface area (Å²) in [7, 11) is 0. The van der Waals surface area contributed by atoms with E-state index in [4.69, 9.17) is 11.6 Å². The van der Waals surface area contributed by atoms with E-state index in [9.17, 15) is 0 Å². The van der Waals surface area contributed by atoms with Crippen LogP contribution in [0.2, 0.25) is 5.02 Å². The van der Waals surface area contributed by atoms with E-state index in [1.807, 2.05) is 12.1 Å². The molecule has 1 N–H and O–H groups in total. The van der Waals surface area contributed by atoms with Gasteiger partial charge in [-0.1, -0.05) is 48.0 Å². The molecule has 0 radical (unpaired) electrons. The summed E-state index contributed by atoms with van der Waals surface area (Å²) in [6.45, 7) is 4.39. The molecule has 2 aromatic rings. The normalized spacial score (nSPS) is 25.5. The lowest BCUT2D eigenvalue weighted by molar-refractivity contribution is 0.424. The van der Waals surface area contributed by atoms with Crippen molar-refractivity contribution in [1.29, 1.82) is 0 Å². The number of hydrogen-bond donors (Lipinski definition) is 1. The quantitative estimate of drug-likeness (QED) is 0.658. The molecule has 0 unspecified atom stereocenters. The molecule has 3 atom stereocenters. The van der Waals surface area contributed by atoms with Crippen molar-refractivity contribution < 1.29 is 0 Å². The minimum atomic E-state index is 0.280. The summed E-state index contributed by atoms with van der Waals surface area (Å²) < 4.78 is 0. The zero-order chi connectivity index (χ0) is 15.3. The molecule has 1 aliphatic carbocycles. The lowest BCUT2D eigenvalue weighted by Gasteiger charge is -2.39. The van der Waals surface area contributed by atoms with Gasteiger partial charge in [0.05, 0.1) is 6.04 Å². The van der Waals surface area contributed by atoms with Gasteiger partial charge >= 0.3 is 0 Å². The highest BCUT2D eigenvalue weighted by Crippen LogP contribution is 2.51. The van der Waals surface area contributed by atoms with Crippen molar-refractivity contribution in [3.8, 4) is 0 Å². The Morgan fingerprint density at radius 2 is 1.95 bits per heavy atom. The fourth-order valence-electron chi connectivity index (χ4n) is 4.18.